The van der Waals surface area contributed by atoms with E-state index in [0.717, 1.165) is 0 Å². The monoisotopic (exact) mass is 261 g/mol. The number of benzene rings is 1. The molecule has 0 fully saturated rings. The summed E-state index contributed by atoms with van der Waals surface area (Å²) in [5.74, 6) is 0. The zero-order valence-corrected chi connectivity index (χ0v) is 8.92. The van der Waals surface area contributed by atoms with Crippen molar-refractivity contribution >= 4 is 22.6 Å². The second kappa shape index (κ2) is 3.11. The van der Waals surface area contributed by atoms with Gasteiger partial charge in [0.15, 0.2) is 0 Å². The third kappa shape index (κ3) is 2.45. The predicted molar refractivity (Wildman–Crippen MR) is 56.4 cm³/mol. The molecule has 0 saturated heterocycles. The summed E-state index contributed by atoms with van der Waals surface area (Å²) in [5, 5.41) is 0. The Bertz CT molecular complexity index is 233. The average Bonchev–Trinajstić information content (AvgIpc) is 1.86. The van der Waals surface area contributed by atoms with Gasteiger partial charge in [-0.05, 0) is 54.1 Å². The number of halogens is 1. The fourth-order valence-corrected chi connectivity index (χ4v) is 1.24. The van der Waals surface area contributed by atoms with Gasteiger partial charge in [0.25, 0.3) is 0 Å². The third-order valence-electron chi connectivity index (χ3n) is 1.59. The summed E-state index contributed by atoms with van der Waals surface area (Å²) in [4.78, 5) is 0. The molecule has 0 aliphatic carbocycles. The van der Waals surface area contributed by atoms with E-state index in [1.165, 1.54) is 9.13 Å². The van der Waals surface area contributed by atoms with Crippen molar-refractivity contribution in [3.8, 4) is 0 Å². The summed E-state index contributed by atoms with van der Waals surface area (Å²) in [5.41, 5.74) is 6.87. The van der Waals surface area contributed by atoms with Gasteiger partial charge in [0.2, 0.25) is 0 Å². The molecule has 0 saturated carbocycles. The molecule has 0 unspecified atom stereocenters. The fraction of sp³-hybridized carbons (Fsp3) is 0.333. The van der Waals surface area contributed by atoms with Gasteiger partial charge in [0, 0.05) is 9.11 Å². The maximum atomic E-state index is 5.90. The Labute approximate surface area is 81.1 Å². The van der Waals surface area contributed by atoms with Gasteiger partial charge in [-0.25, -0.2) is 0 Å². The molecule has 0 bridgehead atoms. The molecule has 11 heavy (non-hydrogen) atoms. The first-order valence-electron chi connectivity index (χ1n) is 3.55. The molecule has 2 heteroatoms. The molecule has 60 valence electrons. The Morgan fingerprint density at radius 3 is 2.00 bits per heavy atom. The van der Waals surface area contributed by atoms with Crippen molar-refractivity contribution < 1.29 is 0 Å². The van der Waals surface area contributed by atoms with Crippen LogP contribution in [-0.2, 0) is 5.54 Å². The molecule has 0 aliphatic rings. The van der Waals surface area contributed by atoms with Crippen molar-refractivity contribution in [2.24, 2.45) is 5.73 Å². The molecule has 0 amide bonds. The lowest BCUT2D eigenvalue weighted by molar-refractivity contribution is 0.554. The van der Waals surface area contributed by atoms with E-state index >= 15 is 0 Å². The summed E-state index contributed by atoms with van der Waals surface area (Å²) >= 11 is 2.28. The molecule has 0 aromatic heterocycles. The summed E-state index contributed by atoms with van der Waals surface area (Å²) in [6, 6.07) is 8.29. The van der Waals surface area contributed by atoms with E-state index in [1.807, 2.05) is 13.8 Å². The highest BCUT2D eigenvalue weighted by Crippen LogP contribution is 2.17. The van der Waals surface area contributed by atoms with E-state index < -0.39 is 0 Å². The minimum absolute atomic E-state index is 0.218. The Morgan fingerprint density at radius 2 is 1.64 bits per heavy atom. The lowest BCUT2D eigenvalue weighted by Gasteiger charge is -2.18. The first-order valence-corrected chi connectivity index (χ1v) is 4.63. The lowest BCUT2D eigenvalue weighted by Crippen LogP contribution is -2.28. The highest BCUT2D eigenvalue weighted by molar-refractivity contribution is 14.1. The van der Waals surface area contributed by atoms with E-state index in [0.29, 0.717) is 0 Å². The van der Waals surface area contributed by atoms with Crippen LogP contribution < -0.4 is 5.73 Å². The maximum absolute atomic E-state index is 5.90. The summed E-state index contributed by atoms with van der Waals surface area (Å²) < 4.78 is 1.25. The van der Waals surface area contributed by atoms with Gasteiger partial charge in [-0.1, -0.05) is 12.1 Å². The quantitative estimate of drug-likeness (QED) is 0.772. The highest BCUT2D eigenvalue weighted by atomic mass is 127. The first kappa shape index (κ1) is 9.00. The summed E-state index contributed by atoms with van der Waals surface area (Å²) in [6.07, 6.45) is 0. The third-order valence-corrected chi connectivity index (χ3v) is 2.31. The van der Waals surface area contributed by atoms with Gasteiger partial charge in [0.1, 0.15) is 0 Å². The van der Waals surface area contributed by atoms with Gasteiger partial charge < -0.3 is 5.73 Å². The molecule has 1 aromatic rings. The normalized spacial score (nSPS) is 11.6. The van der Waals surface area contributed by atoms with Crippen molar-refractivity contribution in [2.75, 3.05) is 0 Å². The van der Waals surface area contributed by atoms with E-state index in [-0.39, 0.29) is 5.54 Å². The molecule has 2 N–H and O–H groups in total. The van der Waals surface area contributed by atoms with Crippen molar-refractivity contribution in [1.29, 1.82) is 0 Å². The van der Waals surface area contributed by atoms with Crippen LogP contribution in [0.15, 0.2) is 24.3 Å². The predicted octanol–water partition coefficient (Wildman–Crippen LogP) is 2.49. The van der Waals surface area contributed by atoms with Crippen LogP contribution in [0.3, 0.4) is 0 Å². The Morgan fingerprint density at radius 1 is 1.18 bits per heavy atom. The van der Waals surface area contributed by atoms with Crippen LogP contribution in [-0.4, -0.2) is 0 Å². The molecule has 0 aliphatic heterocycles. The maximum Gasteiger partial charge on any atom is 0.0352 e. The Kier molecular flexibility index (Phi) is 2.54. The van der Waals surface area contributed by atoms with Crippen LogP contribution in [0.25, 0.3) is 0 Å². The summed E-state index contributed by atoms with van der Waals surface area (Å²) in [6.45, 7) is 4.02. The minimum atomic E-state index is -0.218. The molecule has 0 radical (unpaired) electrons. The van der Waals surface area contributed by atoms with Gasteiger partial charge in [-0.2, -0.15) is 0 Å². The largest absolute Gasteiger partial charge is 0.322 e. The van der Waals surface area contributed by atoms with Gasteiger partial charge in [-0.3, -0.25) is 0 Å². The molecule has 0 heterocycles. The van der Waals surface area contributed by atoms with Crippen LogP contribution in [0.4, 0.5) is 0 Å². The van der Waals surface area contributed by atoms with Gasteiger partial charge in [-0.15, -0.1) is 0 Å². The second-order valence-electron chi connectivity index (χ2n) is 3.23. The van der Waals surface area contributed by atoms with Crippen molar-refractivity contribution in [2.45, 2.75) is 19.4 Å². The lowest BCUT2D eigenvalue weighted by atomic mass is 9.96. The Hall–Kier alpha value is -0.0900. The molecular weight excluding hydrogens is 249 g/mol. The minimum Gasteiger partial charge on any atom is -0.322 e. The standard InChI is InChI=1S/C9H12IN/c1-9(2,11)7-3-5-8(10)6-4-7/h3-6H,11H2,1-2H3. The van der Waals surface area contributed by atoms with E-state index in [1.54, 1.807) is 0 Å². The number of hydrogen-bond acceptors (Lipinski definition) is 1. The molecule has 1 aromatic carbocycles. The zero-order valence-electron chi connectivity index (χ0n) is 6.76. The van der Waals surface area contributed by atoms with Crippen LogP contribution in [0.2, 0.25) is 0 Å². The smallest absolute Gasteiger partial charge is 0.0352 e. The molecule has 1 rings (SSSR count). The van der Waals surface area contributed by atoms with Crippen LogP contribution in [0.1, 0.15) is 19.4 Å². The highest BCUT2D eigenvalue weighted by Gasteiger charge is 2.12. The van der Waals surface area contributed by atoms with Crippen molar-refractivity contribution in [3.05, 3.63) is 33.4 Å². The number of hydrogen-bond donors (Lipinski definition) is 1. The van der Waals surface area contributed by atoms with E-state index in [9.17, 15) is 0 Å². The summed E-state index contributed by atoms with van der Waals surface area (Å²) in [7, 11) is 0. The van der Waals surface area contributed by atoms with Crippen LogP contribution in [0, 0.1) is 3.57 Å². The van der Waals surface area contributed by atoms with Crippen LogP contribution in [0.5, 0.6) is 0 Å². The molecule has 1 nitrogen and oxygen atoms in total. The number of nitrogens with two attached hydrogens (primary N) is 1. The van der Waals surface area contributed by atoms with Crippen molar-refractivity contribution in [3.63, 3.8) is 0 Å². The topological polar surface area (TPSA) is 26.0 Å². The molecular formula is C9H12IN. The number of rotatable bonds is 1. The molecule has 0 atom stereocenters. The van der Waals surface area contributed by atoms with Gasteiger partial charge in [0.05, 0.1) is 0 Å². The van der Waals surface area contributed by atoms with E-state index in [2.05, 4.69) is 46.9 Å². The molecule has 0 spiro atoms. The average molecular weight is 261 g/mol. The van der Waals surface area contributed by atoms with Crippen LogP contribution >= 0.6 is 22.6 Å². The van der Waals surface area contributed by atoms with Crippen molar-refractivity contribution in [1.82, 2.24) is 0 Å². The first-order chi connectivity index (χ1) is 5.00. The zero-order chi connectivity index (χ0) is 8.48. The van der Waals surface area contributed by atoms with E-state index in [4.69, 9.17) is 5.73 Å². The Balaban J connectivity index is 2.99. The van der Waals surface area contributed by atoms with Gasteiger partial charge >= 0.3 is 0 Å². The second-order valence-corrected chi connectivity index (χ2v) is 4.47. The SMILES string of the molecule is CC(C)(N)c1ccc(I)cc1. The fourth-order valence-electron chi connectivity index (χ4n) is 0.879.